The summed E-state index contributed by atoms with van der Waals surface area (Å²) in [6, 6.07) is 33.0. The van der Waals surface area contributed by atoms with Crippen LogP contribution < -0.4 is 4.90 Å². The molecule has 1 heteroatoms. The first-order chi connectivity index (χ1) is 13.3. The van der Waals surface area contributed by atoms with Gasteiger partial charge in [-0.2, -0.15) is 0 Å². The molecule has 0 aliphatic rings. The predicted octanol–water partition coefficient (Wildman–Crippen LogP) is 7.43. The lowest BCUT2D eigenvalue weighted by atomic mass is 10.1. The molecule has 0 radical (unpaired) electrons. The van der Waals surface area contributed by atoms with Gasteiger partial charge in [0, 0.05) is 16.8 Å². The number of nitrogens with zero attached hydrogens (tertiary/aromatic N) is 1. The zero-order chi connectivity index (χ0) is 18.6. The van der Waals surface area contributed by atoms with Gasteiger partial charge in [-0.15, -0.1) is 0 Å². The molecule has 0 heterocycles. The Morgan fingerprint density at radius 2 is 1.07 bits per heavy atom. The van der Waals surface area contributed by atoms with Crippen LogP contribution in [-0.2, 0) is 12.8 Å². The Morgan fingerprint density at radius 1 is 0.556 bits per heavy atom. The molecule has 4 rings (SSSR count). The lowest BCUT2D eigenvalue weighted by Crippen LogP contribution is -2.10. The van der Waals surface area contributed by atoms with Crippen molar-refractivity contribution >= 4 is 27.8 Å². The molecule has 0 bridgehead atoms. The largest absolute Gasteiger partial charge is 0.310 e. The minimum Gasteiger partial charge on any atom is -0.310 e. The highest BCUT2D eigenvalue weighted by molar-refractivity contribution is 5.98. The summed E-state index contributed by atoms with van der Waals surface area (Å²) in [5, 5.41) is 2.52. The fourth-order valence-corrected chi connectivity index (χ4v) is 3.59. The molecule has 4 aromatic rings. The molecule has 0 saturated heterocycles. The van der Waals surface area contributed by atoms with Crippen molar-refractivity contribution in [3.63, 3.8) is 0 Å². The first-order valence-corrected chi connectivity index (χ1v) is 9.76. The number of aryl methyl sites for hydroxylation is 2. The van der Waals surface area contributed by atoms with E-state index in [1.807, 2.05) is 0 Å². The van der Waals surface area contributed by atoms with Crippen LogP contribution in [0, 0.1) is 0 Å². The predicted molar refractivity (Wildman–Crippen MR) is 117 cm³/mol. The van der Waals surface area contributed by atoms with Gasteiger partial charge in [-0.05, 0) is 59.7 Å². The molecule has 0 unspecified atom stereocenters. The summed E-state index contributed by atoms with van der Waals surface area (Å²) in [6.07, 6.45) is 2.11. The quantitative estimate of drug-likeness (QED) is 0.361. The van der Waals surface area contributed by atoms with Gasteiger partial charge < -0.3 is 4.90 Å². The molecular formula is C26H25N. The lowest BCUT2D eigenvalue weighted by molar-refractivity contribution is 1.13. The number of rotatable bonds is 5. The molecule has 134 valence electrons. The van der Waals surface area contributed by atoms with Crippen LogP contribution in [-0.4, -0.2) is 0 Å². The van der Waals surface area contributed by atoms with Gasteiger partial charge in [0.05, 0.1) is 5.69 Å². The zero-order valence-corrected chi connectivity index (χ0v) is 16.0. The van der Waals surface area contributed by atoms with Crippen molar-refractivity contribution in [3.05, 3.63) is 102 Å². The van der Waals surface area contributed by atoms with Gasteiger partial charge in [-0.25, -0.2) is 0 Å². The van der Waals surface area contributed by atoms with Gasteiger partial charge in [-0.1, -0.05) is 74.5 Å². The van der Waals surface area contributed by atoms with Crippen molar-refractivity contribution in [1.82, 2.24) is 0 Å². The Hall–Kier alpha value is -3.06. The van der Waals surface area contributed by atoms with E-state index in [1.54, 1.807) is 0 Å². The number of benzene rings is 4. The van der Waals surface area contributed by atoms with Crippen LogP contribution in [0.2, 0.25) is 0 Å². The Labute approximate surface area is 161 Å². The molecule has 0 saturated carbocycles. The van der Waals surface area contributed by atoms with Crippen LogP contribution in [0.15, 0.2) is 91.0 Å². The van der Waals surface area contributed by atoms with E-state index in [4.69, 9.17) is 0 Å². The van der Waals surface area contributed by atoms with Crippen LogP contribution in [0.3, 0.4) is 0 Å². The van der Waals surface area contributed by atoms with Crippen LogP contribution in [0.1, 0.15) is 25.0 Å². The minimum absolute atomic E-state index is 1.06. The van der Waals surface area contributed by atoms with E-state index in [2.05, 4.69) is 110 Å². The Kier molecular flexibility index (Phi) is 4.93. The summed E-state index contributed by atoms with van der Waals surface area (Å²) in [4.78, 5) is 2.36. The standard InChI is InChI=1S/C26H25N/c1-3-20-12-16-23(17-13-20)27(24-18-14-21(4-2)15-19-24)26-11-7-9-22-8-5-6-10-25(22)26/h5-19H,3-4H2,1-2H3. The summed E-state index contributed by atoms with van der Waals surface area (Å²) in [7, 11) is 0. The van der Waals surface area contributed by atoms with E-state index >= 15 is 0 Å². The van der Waals surface area contributed by atoms with Crippen LogP contribution in [0.5, 0.6) is 0 Å². The molecule has 4 aromatic carbocycles. The van der Waals surface area contributed by atoms with Crippen LogP contribution in [0.25, 0.3) is 10.8 Å². The van der Waals surface area contributed by atoms with Crippen molar-refractivity contribution in [1.29, 1.82) is 0 Å². The van der Waals surface area contributed by atoms with Crippen molar-refractivity contribution < 1.29 is 0 Å². The molecule has 0 fully saturated rings. The average Bonchev–Trinajstić information content (AvgIpc) is 2.75. The third-order valence-electron chi connectivity index (χ3n) is 5.21. The number of hydrogen-bond acceptors (Lipinski definition) is 1. The lowest BCUT2D eigenvalue weighted by Gasteiger charge is -2.27. The van der Waals surface area contributed by atoms with Crippen molar-refractivity contribution in [3.8, 4) is 0 Å². The van der Waals surface area contributed by atoms with Gasteiger partial charge in [0.15, 0.2) is 0 Å². The molecule has 0 spiro atoms. The SMILES string of the molecule is CCc1ccc(N(c2ccc(CC)cc2)c2cccc3ccccc23)cc1. The normalized spacial score (nSPS) is 10.9. The maximum absolute atomic E-state index is 2.36. The molecule has 0 amide bonds. The van der Waals surface area contributed by atoms with E-state index in [1.165, 1.54) is 39.0 Å². The van der Waals surface area contributed by atoms with Crippen LogP contribution >= 0.6 is 0 Å². The summed E-state index contributed by atoms with van der Waals surface area (Å²) in [5.74, 6) is 0. The molecule has 0 aromatic heterocycles. The highest BCUT2D eigenvalue weighted by atomic mass is 15.1. The highest BCUT2D eigenvalue weighted by Gasteiger charge is 2.14. The maximum Gasteiger partial charge on any atom is 0.0540 e. The van der Waals surface area contributed by atoms with Gasteiger partial charge in [-0.3, -0.25) is 0 Å². The number of fused-ring (bicyclic) bond motifs is 1. The Morgan fingerprint density at radius 3 is 1.63 bits per heavy atom. The monoisotopic (exact) mass is 351 g/mol. The average molecular weight is 351 g/mol. The van der Waals surface area contributed by atoms with E-state index in [0.29, 0.717) is 0 Å². The first kappa shape index (κ1) is 17.4. The minimum atomic E-state index is 1.06. The van der Waals surface area contributed by atoms with Crippen molar-refractivity contribution in [2.75, 3.05) is 4.90 Å². The second kappa shape index (κ2) is 7.67. The molecular weight excluding hydrogens is 326 g/mol. The maximum atomic E-state index is 2.36. The van der Waals surface area contributed by atoms with Gasteiger partial charge >= 0.3 is 0 Å². The molecule has 0 N–H and O–H groups in total. The second-order valence-corrected chi connectivity index (χ2v) is 6.87. The molecule has 0 aliphatic heterocycles. The summed E-state index contributed by atoms with van der Waals surface area (Å²) >= 11 is 0. The third kappa shape index (κ3) is 3.46. The fourth-order valence-electron chi connectivity index (χ4n) is 3.59. The topological polar surface area (TPSA) is 3.24 Å². The van der Waals surface area contributed by atoms with Gasteiger partial charge in [0.1, 0.15) is 0 Å². The number of hydrogen-bond donors (Lipinski definition) is 0. The molecule has 27 heavy (non-hydrogen) atoms. The third-order valence-corrected chi connectivity index (χ3v) is 5.21. The Bertz CT molecular complexity index is 977. The van der Waals surface area contributed by atoms with E-state index in [9.17, 15) is 0 Å². The Balaban J connectivity index is 1.91. The smallest absolute Gasteiger partial charge is 0.0540 e. The summed E-state index contributed by atoms with van der Waals surface area (Å²) in [6.45, 7) is 4.39. The second-order valence-electron chi connectivity index (χ2n) is 6.87. The van der Waals surface area contributed by atoms with Gasteiger partial charge in [0.2, 0.25) is 0 Å². The summed E-state index contributed by atoms with van der Waals surface area (Å²) < 4.78 is 0. The van der Waals surface area contributed by atoms with E-state index in [0.717, 1.165) is 12.8 Å². The van der Waals surface area contributed by atoms with Crippen molar-refractivity contribution in [2.45, 2.75) is 26.7 Å². The molecule has 0 atom stereocenters. The molecule has 1 nitrogen and oxygen atoms in total. The first-order valence-electron chi connectivity index (χ1n) is 9.76. The van der Waals surface area contributed by atoms with Crippen molar-refractivity contribution in [2.24, 2.45) is 0 Å². The summed E-state index contributed by atoms with van der Waals surface area (Å²) in [5.41, 5.74) is 6.30. The zero-order valence-electron chi connectivity index (χ0n) is 16.0. The van der Waals surface area contributed by atoms with Gasteiger partial charge in [0.25, 0.3) is 0 Å². The van der Waals surface area contributed by atoms with Crippen LogP contribution in [0.4, 0.5) is 17.1 Å². The molecule has 0 aliphatic carbocycles. The van der Waals surface area contributed by atoms with E-state index in [-0.39, 0.29) is 0 Å². The van der Waals surface area contributed by atoms with E-state index < -0.39 is 0 Å². The number of anilines is 3. The highest BCUT2D eigenvalue weighted by Crippen LogP contribution is 2.38. The fraction of sp³-hybridized carbons (Fsp3) is 0.154.